The fourth-order valence-corrected chi connectivity index (χ4v) is 5.25. The van der Waals surface area contributed by atoms with Crippen LogP contribution in [0.25, 0.3) is 0 Å². The monoisotopic (exact) mass is 305 g/mol. The summed E-state index contributed by atoms with van der Waals surface area (Å²) < 4.78 is 30.8. The highest BCUT2D eigenvalue weighted by Gasteiger charge is 2.32. The molecule has 3 rings (SSSR count). The Morgan fingerprint density at radius 3 is 2.76 bits per heavy atom. The number of hydrogen-bond donors (Lipinski definition) is 0. The molecular formula is C16H19NO3S. The molecule has 0 unspecified atom stereocenters. The number of aromatic nitrogens is 1. The predicted octanol–water partition coefficient (Wildman–Crippen LogP) is 3.28. The van der Waals surface area contributed by atoms with Gasteiger partial charge in [-0.2, -0.15) is 0 Å². The molecule has 1 atom stereocenters. The molecule has 0 amide bonds. The number of hydrogen-bond acceptors (Lipinski definition) is 4. The maximum absolute atomic E-state index is 12.9. The number of nitrogens with zero attached hydrogens (tertiary/aromatic N) is 1. The number of fused-ring (bicyclic) bond motifs is 1. The van der Waals surface area contributed by atoms with Gasteiger partial charge in [-0.1, -0.05) is 29.4 Å². The van der Waals surface area contributed by atoms with Crippen molar-refractivity contribution in [2.75, 3.05) is 0 Å². The van der Waals surface area contributed by atoms with Crippen molar-refractivity contribution in [3.05, 3.63) is 52.4 Å². The molecule has 0 spiro atoms. The van der Waals surface area contributed by atoms with E-state index in [0.29, 0.717) is 23.4 Å². The lowest BCUT2D eigenvalue weighted by atomic mass is 9.91. The van der Waals surface area contributed by atoms with Crippen molar-refractivity contribution in [2.24, 2.45) is 0 Å². The summed E-state index contributed by atoms with van der Waals surface area (Å²) in [5, 5.41) is 3.44. The Hall–Kier alpha value is -1.62. The number of aryl methyl sites for hydroxylation is 3. The van der Waals surface area contributed by atoms with E-state index in [1.807, 2.05) is 24.3 Å². The Balaban J connectivity index is 1.97. The molecule has 1 heterocycles. The lowest BCUT2D eigenvalue weighted by molar-refractivity contribution is 0.392. The Labute approximate surface area is 125 Å². The molecule has 1 aromatic heterocycles. The molecule has 0 N–H and O–H groups in total. The average molecular weight is 305 g/mol. The van der Waals surface area contributed by atoms with Gasteiger partial charge in [0.1, 0.15) is 5.76 Å². The first-order valence-corrected chi connectivity index (χ1v) is 8.91. The van der Waals surface area contributed by atoms with Crippen molar-refractivity contribution < 1.29 is 12.9 Å². The number of benzene rings is 1. The van der Waals surface area contributed by atoms with Gasteiger partial charge in [0.2, 0.25) is 0 Å². The van der Waals surface area contributed by atoms with Gasteiger partial charge < -0.3 is 4.52 Å². The molecule has 0 radical (unpaired) electrons. The first-order valence-electron chi connectivity index (χ1n) is 7.20. The Bertz CT molecular complexity index is 742. The number of sulfone groups is 1. The summed E-state index contributed by atoms with van der Waals surface area (Å²) in [6.07, 6.45) is 2.58. The molecule has 0 bridgehead atoms. The van der Waals surface area contributed by atoms with Gasteiger partial charge in [-0.05, 0) is 44.2 Å². The largest absolute Gasteiger partial charge is 0.361 e. The van der Waals surface area contributed by atoms with Crippen molar-refractivity contribution in [1.82, 2.24) is 5.16 Å². The summed E-state index contributed by atoms with van der Waals surface area (Å²) in [6.45, 7) is 3.55. The summed E-state index contributed by atoms with van der Waals surface area (Å²) in [7, 11) is -3.26. The molecule has 4 nitrogen and oxygen atoms in total. The van der Waals surface area contributed by atoms with Crippen LogP contribution in [-0.4, -0.2) is 13.6 Å². The molecule has 112 valence electrons. The molecule has 21 heavy (non-hydrogen) atoms. The van der Waals surface area contributed by atoms with Crippen molar-refractivity contribution in [3.63, 3.8) is 0 Å². The Kier molecular flexibility index (Phi) is 3.61. The molecule has 5 heteroatoms. The molecule has 0 fully saturated rings. The van der Waals surface area contributed by atoms with E-state index < -0.39 is 15.1 Å². The zero-order valence-corrected chi connectivity index (χ0v) is 13.1. The van der Waals surface area contributed by atoms with E-state index in [1.165, 1.54) is 0 Å². The van der Waals surface area contributed by atoms with E-state index in [0.717, 1.165) is 24.0 Å². The van der Waals surface area contributed by atoms with Gasteiger partial charge in [0.05, 0.1) is 16.7 Å². The minimum Gasteiger partial charge on any atom is -0.361 e. The fourth-order valence-electron chi connectivity index (χ4n) is 3.09. The molecule has 0 aliphatic heterocycles. The predicted molar refractivity (Wildman–Crippen MR) is 80.7 cm³/mol. The van der Waals surface area contributed by atoms with Crippen LogP contribution in [0.1, 0.15) is 46.2 Å². The van der Waals surface area contributed by atoms with Gasteiger partial charge in [-0.25, -0.2) is 8.42 Å². The minimum atomic E-state index is -3.26. The number of rotatable bonds is 3. The average Bonchev–Trinajstić information content (AvgIpc) is 2.78. The van der Waals surface area contributed by atoms with E-state index in [2.05, 4.69) is 5.16 Å². The van der Waals surface area contributed by atoms with Crippen molar-refractivity contribution in [2.45, 2.75) is 44.1 Å². The fraction of sp³-hybridized carbons (Fsp3) is 0.438. The van der Waals surface area contributed by atoms with Crippen LogP contribution in [0.15, 0.2) is 28.8 Å². The molecule has 1 aliphatic rings. The lowest BCUT2D eigenvalue weighted by Crippen LogP contribution is -2.20. The van der Waals surface area contributed by atoms with E-state index in [4.69, 9.17) is 4.52 Å². The highest BCUT2D eigenvalue weighted by Crippen LogP contribution is 2.37. The van der Waals surface area contributed by atoms with Crippen LogP contribution in [0.3, 0.4) is 0 Å². The second kappa shape index (κ2) is 5.30. The summed E-state index contributed by atoms with van der Waals surface area (Å²) in [4.78, 5) is 0. The van der Waals surface area contributed by atoms with Gasteiger partial charge in [0, 0.05) is 5.56 Å². The maximum atomic E-state index is 12.9. The third kappa shape index (κ3) is 2.62. The van der Waals surface area contributed by atoms with Gasteiger partial charge in [-0.3, -0.25) is 0 Å². The van der Waals surface area contributed by atoms with Gasteiger partial charge >= 0.3 is 0 Å². The van der Waals surface area contributed by atoms with Crippen molar-refractivity contribution >= 4 is 9.84 Å². The van der Waals surface area contributed by atoms with Gasteiger partial charge in [-0.15, -0.1) is 0 Å². The lowest BCUT2D eigenvalue weighted by Gasteiger charge is -2.25. The molecule has 0 saturated heterocycles. The maximum Gasteiger partial charge on any atom is 0.161 e. The van der Waals surface area contributed by atoms with Crippen LogP contribution in [-0.2, 0) is 22.0 Å². The summed E-state index contributed by atoms with van der Waals surface area (Å²) in [5.41, 5.74) is 3.50. The van der Waals surface area contributed by atoms with Crippen LogP contribution in [0, 0.1) is 13.8 Å². The molecule has 1 aliphatic carbocycles. The van der Waals surface area contributed by atoms with E-state index in [-0.39, 0.29) is 5.75 Å². The quantitative estimate of drug-likeness (QED) is 0.873. The molecular weight excluding hydrogens is 286 g/mol. The van der Waals surface area contributed by atoms with Crippen LogP contribution in [0.2, 0.25) is 0 Å². The first-order chi connectivity index (χ1) is 9.99. The Morgan fingerprint density at radius 1 is 1.29 bits per heavy atom. The standard InChI is InChI=1S/C16H19NO3S/c1-11-15(12(2)20-17-11)10-21(18,19)16-9-5-7-13-6-3-4-8-14(13)16/h3-4,6,8,16H,5,7,9-10H2,1-2H3/t16-/m0/s1. The zero-order valence-electron chi connectivity index (χ0n) is 12.3. The van der Waals surface area contributed by atoms with Crippen LogP contribution >= 0.6 is 0 Å². The highest BCUT2D eigenvalue weighted by molar-refractivity contribution is 7.90. The summed E-state index contributed by atoms with van der Waals surface area (Å²) in [6, 6.07) is 7.88. The van der Waals surface area contributed by atoms with E-state index in [9.17, 15) is 8.42 Å². The Morgan fingerprint density at radius 2 is 2.05 bits per heavy atom. The van der Waals surface area contributed by atoms with E-state index in [1.54, 1.807) is 13.8 Å². The summed E-state index contributed by atoms with van der Waals surface area (Å²) in [5.74, 6) is 0.604. The molecule has 0 saturated carbocycles. The molecule has 2 aromatic rings. The van der Waals surface area contributed by atoms with Crippen molar-refractivity contribution in [3.8, 4) is 0 Å². The molecule has 1 aromatic carbocycles. The van der Waals surface area contributed by atoms with Crippen LogP contribution < -0.4 is 0 Å². The van der Waals surface area contributed by atoms with Crippen LogP contribution in [0.5, 0.6) is 0 Å². The SMILES string of the molecule is Cc1noc(C)c1CS(=O)(=O)[C@H]1CCCc2ccccc21. The zero-order chi connectivity index (χ0) is 15.0. The second-order valence-corrected chi connectivity index (χ2v) is 7.87. The summed E-state index contributed by atoms with van der Waals surface area (Å²) >= 11 is 0. The van der Waals surface area contributed by atoms with Gasteiger partial charge in [0.15, 0.2) is 9.84 Å². The van der Waals surface area contributed by atoms with Gasteiger partial charge in [0.25, 0.3) is 0 Å². The first kappa shape index (κ1) is 14.3. The third-order valence-electron chi connectivity index (χ3n) is 4.27. The smallest absolute Gasteiger partial charge is 0.161 e. The minimum absolute atomic E-state index is 0.00711. The normalized spacial score (nSPS) is 18.5. The van der Waals surface area contributed by atoms with E-state index >= 15 is 0 Å². The highest BCUT2D eigenvalue weighted by atomic mass is 32.2. The topological polar surface area (TPSA) is 60.2 Å². The third-order valence-corrected chi connectivity index (χ3v) is 6.32. The van der Waals surface area contributed by atoms with Crippen LogP contribution in [0.4, 0.5) is 0 Å². The van der Waals surface area contributed by atoms with Crippen molar-refractivity contribution in [1.29, 1.82) is 0 Å². The second-order valence-electron chi connectivity index (χ2n) is 5.69.